The van der Waals surface area contributed by atoms with E-state index in [1.807, 2.05) is 0 Å². The Hall–Kier alpha value is -0.437. The van der Waals surface area contributed by atoms with E-state index in [-0.39, 0.29) is 32.3 Å². The summed E-state index contributed by atoms with van der Waals surface area (Å²) in [6.45, 7) is 13.7. The van der Waals surface area contributed by atoms with E-state index in [4.69, 9.17) is 0 Å². The van der Waals surface area contributed by atoms with E-state index in [2.05, 4.69) is 41.5 Å². The van der Waals surface area contributed by atoms with Crippen molar-refractivity contribution in [2.75, 3.05) is 0 Å². The zero-order valence-electron chi connectivity index (χ0n) is 23.1. The van der Waals surface area contributed by atoms with E-state index in [0.717, 1.165) is 25.7 Å². The summed E-state index contributed by atoms with van der Waals surface area (Å²) in [6.07, 6.45) is 19.4. The van der Waals surface area contributed by atoms with Gasteiger partial charge in [0, 0.05) is 11.9 Å². The molecule has 0 radical (unpaired) electrons. The van der Waals surface area contributed by atoms with Crippen LogP contribution in [0.1, 0.15) is 157 Å². The minimum absolute atomic E-state index is 0. The number of carbonyl (C=O) groups excluding carboxylic acids is 2. The first kappa shape index (κ1) is 37.1. The van der Waals surface area contributed by atoms with Crippen molar-refractivity contribution < 1.29 is 39.3 Å². The van der Waals surface area contributed by atoms with Crippen LogP contribution < -0.4 is 10.2 Å². The molecule has 0 fully saturated rings. The smallest absolute Gasteiger partial charge is 0.550 e. The van der Waals surface area contributed by atoms with Crippen LogP contribution >= 0.6 is 0 Å². The van der Waals surface area contributed by atoms with Crippen LogP contribution in [0.15, 0.2) is 0 Å². The third-order valence-electron chi connectivity index (χ3n) is 5.62. The van der Waals surface area contributed by atoms with Gasteiger partial charge in [-0.3, -0.25) is 0 Å². The number of hydrogen-bond donors (Lipinski definition) is 0. The summed E-state index contributed by atoms with van der Waals surface area (Å²) in [5, 5.41) is 20.3. The normalized spacial score (nSPS) is 11.3. The zero-order chi connectivity index (χ0) is 24.9. The minimum atomic E-state index is -0.912. The molecule has 0 heterocycles. The van der Waals surface area contributed by atoms with Crippen molar-refractivity contribution in [1.29, 1.82) is 0 Å². The molecule has 0 saturated carbocycles. The van der Waals surface area contributed by atoms with E-state index in [0.29, 0.717) is 10.8 Å². The molecular formula is C28H54O4Zn. The van der Waals surface area contributed by atoms with Crippen molar-refractivity contribution >= 4 is 11.9 Å². The van der Waals surface area contributed by atoms with Gasteiger partial charge in [0.15, 0.2) is 0 Å². The largest absolute Gasteiger partial charge is 2.00 e. The van der Waals surface area contributed by atoms with Gasteiger partial charge in [0.2, 0.25) is 0 Å². The Morgan fingerprint density at radius 2 is 0.667 bits per heavy atom. The fourth-order valence-electron chi connectivity index (χ4n) is 3.62. The molecule has 0 amide bonds. The van der Waals surface area contributed by atoms with Gasteiger partial charge in [-0.15, -0.1) is 0 Å². The average molecular weight is 520 g/mol. The quantitative estimate of drug-likeness (QED) is 0.151. The molecule has 0 aliphatic heterocycles. The van der Waals surface area contributed by atoms with E-state index in [1.54, 1.807) is 0 Å². The van der Waals surface area contributed by atoms with Crippen molar-refractivity contribution in [2.24, 2.45) is 10.8 Å². The predicted octanol–water partition coefficient (Wildman–Crippen LogP) is 6.58. The molecule has 0 aromatic rings. The Morgan fingerprint density at radius 1 is 0.455 bits per heavy atom. The van der Waals surface area contributed by atoms with Crippen LogP contribution in [0.4, 0.5) is 0 Å². The number of unbranched alkanes of at least 4 members (excludes halogenated alkanes) is 12. The van der Waals surface area contributed by atoms with Crippen LogP contribution in [0, 0.1) is 10.8 Å². The number of rotatable bonds is 18. The molecular weight excluding hydrogens is 466 g/mol. The molecule has 33 heavy (non-hydrogen) atoms. The molecule has 0 aromatic carbocycles. The zero-order valence-corrected chi connectivity index (χ0v) is 26.0. The Kier molecular flexibility index (Phi) is 26.2. The Labute approximate surface area is 218 Å². The average Bonchev–Trinajstić information content (AvgIpc) is 2.63. The van der Waals surface area contributed by atoms with Crippen LogP contribution in [0.25, 0.3) is 0 Å². The standard InChI is InChI=1S/2C14H28O2.Zn/c2*1-14(2,3)12-10-8-6-4-5-7-9-11-13(15)16;/h2*4-12H2,1-3H3,(H,15,16);/q;;+2/p-2. The molecule has 5 heteroatoms. The first-order valence-corrected chi connectivity index (χ1v) is 13.2. The summed E-state index contributed by atoms with van der Waals surface area (Å²) in [5.41, 5.74) is 0.934. The maximum Gasteiger partial charge on any atom is 2.00 e. The van der Waals surface area contributed by atoms with E-state index >= 15 is 0 Å². The van der Waals surface area contributed by atoms with Gasteiger partial charge in [0.05, 0.1) is 0 Å². The summed E-state index contributed by atoms with van der Waals surface area (Å²) >= 11 is 0. The maximum atomic E-state index is 10.2. The third kappa shape index (κ3) is 42.2. The maximum absolute atomic E-state index is 10.2. The van der Waals surface area contributed by atoms with Gasteiger partial charge in [-0.05, 0) is 49.4 Å². The summed E-state index contributed by atoms with van der Waals surface area (Å²) in [4.78, 5) is 20.3. The molecule has 0 aromatic heterocycles. The van der Waals surface area contributed by atoms with Gasteiger partial charge in [-0.1, -0.05) is 119 Å². The van der Waals surface area contributed by atoms with Gasteiger partial charge >= 0.3 is 19.5 Å². The van der Waals surface area contributed by atoms with Gasteiger partial charge in [0.1, 0.15) is 0 Å². The second-order valence-electron chi connectivity index (χ2n) is 11.8. The Balaban J connectivity index is -0.000000529. The number of carboxylic acids is 2. The van der Waals surface area contributed by atoms with Crippen LogP contribution in [0.5, 0.6) is 0 Å². The van der Waals surface area contributed by atoms with Crippen molar-refractivity contribution in [3.63, 3.8) is 0 Å². The van der Waals surface area contributed by atoms with Gasteiger partial charge in [-0.25, -0.2) is 0 Å². The van der Waals surface area contributed by atoms with Crippen molar-refractivity contribution in [1.82, 2.24) is 0 Å². The minimum Gasteiger partial charge on any atom is -0.550 e. The fraction of sp³-hybridized carbons (Fsp3) is 0.929. The van der Waals surface area contributed by atoms with Crippen molar-refractivity contribution in [3.8, 4) is 0 Å². The second-order valence-corrected chi connectivity index (χ2v) is 11.8. The third-order valence-corrected chi connectivity index (χ3v) is 5.62. The summed E-state index contributed by atoms with van der Waals surface area (Å²) in [5.74, 6) is -1.82. The molecule has 4 nitrogen and oxygen atoms in total. The number of aliphatic carboxylic acids is 2. The van der Waals surface area contributed by atoms with Gasteiger partial charge < -0.3 is 19.8 Å². The SMILES string of the molecule is CC(C)(C)CCCCCCCCCC(=O)[O-].CC(C)(C)CCCCCCCCCC(=O)[O-].[Zn+2]. The molecule has 0 aliphatic rings. The Morgan fingerprint density at radius 3 is 0.879 bits per heavy atom. The molecule has 192 valence electrons. The Bertz CT molecular complexity index is 408. The van der Waals surface area contributed by atoms with Crippen LogP contribution in [-0.2, 0) is 29.1 Å². The molecule has 0 bridgehead atoms. The predicted molar refractivity (Wildman–Crippen MR) is 132 cm³/mol. The summed E-state index contributed by atoms with van der Waals surface area (Å²) in [6, 6.07) is 0. The monoisotopic (exact) mass is 518 g/mol. The molecule has 0 rings (SSSR count). The van der Waals surface area contributed by atoms with E-state index < -0.39 is 11.9 Å². The molecule has 0 aliphatic carbocycles. The van der Waals surface area contributed by atoms with E-state index in [1.165, 1.54) is 77.0 Å². The van der Waals surface area contributed by atoms with Crippen molar-refractivity contribution in [2.45, 2.75) is 157 Å². The van der Waals surface area contributed by atoms with Crippen LogP contribution in [0.2, 0.25) is 0 Å². The van der Waals surface area contributed by atoms with Crippen LogP contribution in [-0.4, -0.2) is 11.9 Å². The molecule has 0 saturated heterocycles. The number of carbonyl (C=O) groups is 2. The molecule has 0 N–H and O–H groups in total. The van der Waals surface area contributed by atoms with Gasteiger partial charge in [-0.2, -0.15) is 0 Å². The second kappa shape index (κ2) is 23.3. The van der Waals surface area contributed by atoms with Crippen LogP contribution in [0.3, 0.4) is 0 Å². The molecule has 0 atom stereocenters. The number of hydrogen-bond acceptors (Lipinski definition) is 4. The van der Waals surface area contributed by atoms with Crippen molar-refractivity contribution in [3.05, 3.63) is 0 Å². The van der Waals surface area contributed by atoms with E-state index in [9.17, 15) is 19.8 Å². The first-order chi connectivity index (χ1) is 14.8. The van der Waals surface area contributed by atoms with Gasteiger partial charge in [0.25, 0.3) is 0 Å². The summed E-state index contributed by atoms with van der Waals surface area (Å²) in [7, 11) is 0. The number of carboxylic acid groups (broad SMARTS) is 2. The topological polar surface area (TPSA) is 80.3 Å². The fourth-order valence-corrected chi connectivity index (χ4v) is 3.62. The summed E-state index contributed by atoms with van der Waals surface area (Å²) < 4.78 is 0. The molecule has 0 spiro atoms. The molecule has 0 unspecified atom stereocenters. The first-order valence-electron chi connectivity index (χ1n) is 13.2.